The van der Waals surface area contributed by atoms with Crippen molar-refractivity contribution < 1.29 is 23.4 Å². The van der Waals surface area contributed by atoms with E-state index in [9.17, 15) is 13.6 Å². The van der Waals surface area contributed by atoms with Gasteiger partial charge in [-0.3, -0.25) is 4.79 Å². The van der Waals surface area contributed by atoms with Gasteiger partial charge in [0.05, 0.1) is 13.0 Å². The lowest BCUT2D eigenvalue weighted by Crippen LogP contribution is -2.10. The second-order valence-corrected chi connectivity index (χ2v) is 3.04. The predicted octanol–water partition coefficient (Wildman–Crippen LogP) is 2.16. The van der Waals surface area contributed by atoms with Gasteiger partial charge in [-0.15, -0.1) is 0 Å². The van der Waals surface area contributed by atoms with Crippen LogP contribution in [-0.2, 0) is 4.79 Å². The summed E-state index contributed by atoms with van der Waals surface area (Å²) in [5.41, 5.74) is -0.0965. The van der Waals surface area contributed by atoms with Gasteiger partial charge in [-0.1, -0.05) is 6.07 Å². The van der Waals surface area contributed by atoms with Gasteiger partial charge in [0.15, 0.2) is 17.4 Å². The number of methoxy groups -OCH3 is 1. The number of rotatable bonds is 3. The molecule has 5 heteroatoms. The van der Waals surface area contributed by atoms with Gasteiger partial charge in [0.2, 0.25) is 0 Å². The fourth-order valence-corrected chi connectivity index (χ4v) is 1.20. The molecular weight excluding hydrogens is 206 g/mol. The SMILES string of the molecule is COc1c(F)ccc(C(C)C(=O)O)c1F. The quantitative estimate of drug-likeness (QED) is 0.842. The van der Waals surface area contributed by atoms with Crippen LogP contribution in [0.1, 0.15) is 18.4 Å². The maximum atomic E-state index is 13.5. The first-order valence-electron chi connectivity index (χ1n) is 4.23. The fraction of sp³-hybridized carbons (Fsp3) is 0.300. The summed E-state index contributed by atoms with van der Waals surface area (Å²) in [7, 11) is 1.12. The minimum Gasteiger partial charge on any atom is -0.491 e. The summed E-state index contributed by atoms with van der Waals surface area (Å²) >= 11 is 0. The van der Waals surface area contributed by atoms with Crippen LogP contribution < -0.4 is 4.74 Å². The minimum absolute atomic E-state index is 0.0965. The van der Waals surface area contributed by atoms with Crippen LogP contribution in [0.5, 0.6) is 5.75 Å². The third kappa shape index (κ3) is 2.06. The van der Waals surface area contributed by atoms with Crippen molar-refractivity contribution >= 4 is 5.97 Å². The van der Waals surface area contributed by atoms with Crippen molar-refractivity contribution in [1.29, 1.82) is 0 Å². The highest BCUT2D eigenvalue weighted by atomic mass is 19.1. The Kier molecular flexibility index (Phi) is 3.24. The molecule has 3 nitrogen and oxygen atoms in total. The van der Waals surface area contributed by atoms with Crippen LogP contribution in [0.25, 0.3) is 0 Å². The number of carbonyl (C=O) groups is 1. The molecule has 1 unspecified atom stereocenters. The first kappa shape index (κ1) is 11.4. The Bertz CT molecular complexity index is 390. The molecule has 0 spiro atoms. The highest BCUT2D eigenvalue weighted by molar-refractivity contribution is 5.75. The van der Waals surface area contributed by atoms with Crippen LogP contribution in [0, 0.1) is 11.6 Å². The van der Waals surface area contributed by atoms with Gasteiger partial charge in [-0.2, -0.15) is 0 Å². The van der Waals surface area contributed by atoms with E-state index in [1.807, 2.05) is 0 Å². The molecule has 0 aliphatic rings. The summed E-state index contributed by atoms with van der Waals surface area (Å²) in [5, 5.41) is 8.69. The van der Waals surface area contributed by atoms with Gasteiger partial charge in [-0.25, -0.2) is 8.78 Å². The second-order valence-electron chi connectivity index (χ2n) is 3.04. The number of carboxylic acid groups (broad SMARTS) is 1. The molecule has 1 aromatic carbocycles. The Morgan fingerprint density at radius 2 is 2.07 bits per heavy atom. The van der Waals surface area contributed by atoms with E-state index in [0.717, 1.165) is 19.2 Å². The molecule has 0 radical (unpaired) electrons. The van der Waals surface area contributed by atoms with Crippen molar-refractivity contribution in [2.45, 2.75) is 12.8 Å². The molecule has 0 saturated carbocycles. The normalized spacial score (nSPS) is 12.3. The number of aliphatic carboxylic acids is 1. The molecule has 0 aliphatic carbocycles. The lowest BCUT2D eigenvalue weighted by Gasteiger charge is -2.11. The molecule has 1 atom stereocenters. The van der Waals surface area contributed by atoms with E-state index in [4.69, 9.17) is 5.11 Å². The molecule has 1 rings (SSSR count). The number of hydrogen-bond acceptors (Lipinski definition) is 2. The van der Waals surface area contributed by atoms with Crippen molar-refractivity contribution in [1.82, 2.24) is 0 Å². The highest BCUT2D eigenvalue weighted by Crippen LogP contribution is 2.28. The first-order valence-corrected chi connectivity index (χ1v) is 4.23. The van der Waals surface area contributed by atoms with E-state index in [1.54, 1.807) is 0 Å². The van der Waals surface area contributed by atoms with Crippen molar-refractivity contribution in [2.75, 3.05) is 7.11 Å². The summed E-state index contributed by atoms with van der Waals surface area (Å²) in [4.78, 5) is 10.6. The second kappa shape index (κ2) is 4.25. The van der Waals surface area contributed by atoms with Crippen LogP contribution >= 0.6 is 0 Å². The molecule has 0 saturated heterocycles. The van der Waals surface area contributed by atoms with Crippen molar-refractivity contribution in [2.24, 2.45) is 0 Å². The van der Waals surface area contributed by atoms with E-state index in [1.165, 1.54) is 6.92 Å². The molecule has 0 amide bonds. The molecular formula is C10H10F2O3. The molecule has 1 N–H and O–H groups in total. The molecule has 0 aromatic heterocycles. The summed E-state index contributed by atoms with van der Waals surface area (Å²) in [6.07, 6.45) is 0. The zero-order chi connectivity index (χ0) is 11.6. The summed E-state index contributed by atoms with van der Waals surface area (Å²) in [5.74, 6) is -4.59. The average molecular weight is 216 g/mol. The molecule has 0 aliphatic heterocycles. The molecule has 0 bridgehead atoms. The third-order valence-electron chi connectivity index (χ3n) is 2.12. The zero-order valence-electron chi connectivity index (χ0n) is 8.25. The van der Waals surface area contributed by atoms with Crippen LogP contribution in [-0.4, -0.2) is 18.2 Å². The number of carboxylic acids is 1. The van der Waals surface area contributed by atoms with Crippen molar-refractivity contribution in [3.05, 3.63) is 29.3 Å². The average Bonchev–Trinajstić information content (AvgIpc) is 2.17. The Hall–Kier alpha value is -1.65. The Balaban J connectivity index is 3.27. The topological polar surface area (TPSA) is 46.5 Å². The van der Waals surface area contributed by atoms with E-state index in [-0.39, 0.29) is 5.56 Å². The minimum atomic E-state index is -1.18. The standard InChI is InChI=1S/C10H10F2O3/c1-5(10(13)14)6-3-4-7(11)9(15-2)8(6)12/h3-5H,1-2H3,(H,13,14). The van der Waals surface area contributed by atoms with E-state index < -0.39 is 29.3 Å². The van der Waals surface area contributed by atoms with Gasteiger partial charge in [-0.05, 0) is 13.0 Å². The summed E-state index contributed by atoms with van der Waals surface area (Å²) < 4.78 is 31.0. The van der Waals surface area contributed by atoms with Gasteiger partial charge >= 0.3 is 5.97 Å². The van der Waals surface area contributed by atoms with E-state index in [2.05, 4.69) is 4.74 Å². The highest BCUT2D eigenvalue weighted by Gasteiger charge is 2.22. The first-order chi connectivity index (χ1) is 6.99. The Morgan fingerprint density at radius 1 is 1.47 bits per heavy atom. The number of ether oxygens (including phenoxy) is 1. The number of benzene rings is 1. The third-order valence-corrected chi connectivity index (χ3v) is 2.12. The Labute approximate surface area is 85.3 Å². The molecule has 0 heterocycles. The van der Waals surface area contributed by atoms with Crippen LogP contribution in [0.2, 0.25) is 0 Å². The van der Waals surface area contributed by atoms with Gasteiger partial charge in [0.25, 0.3) is 0 Å². The van der Waals surface area contributed by atoms with E-state index in [0.29, 0.717) is 0 Å². The number of halogens is 2. The maximum absolute atomic E-state index is 13.5. The van der Waals surface area contributed by atoms with Crippen LogP contribution in [0.15, 0.2) is 12.1 Å². The lowest BCUT2D eigenvalue weighted by atomic mass is 10.0. The van der Waals surface area contributed by atoms with Gasteiger partial charge in [0.1, 0.15) is 0 Å². The zero-order valence-corrected chi connectivity index (χ0v) is 8.25. The fourth-order valence-electron chi connectivity index (χ4n) is 1.20. The molecule has 15 heavy (non-hydrogen) atoms. The molecule has 1 aromatic rings. The van der Waals surface area contributed by atoms with Gasteiger partial charge < -0.3 is 9.84 Å². The molecule has 82 valence electrons. The summed E-state index contributed by atoms with van der Waals surface area (Å²) in [6.45, 7) is 1.32. The van der Waals surface area contributed by atoms with Crippen molar-refractivity contribution in [3.63, 3.8) is 0 Å². The van der Waals surface area contributed by atoms with Crippen molar-refractivity contribution in [3.8, 4) is 5.75 Å². The lowest BCUT2D eigenvalue weighted by molar-refractivity contribution is -0.138. The van der Waals surface area contributed by atoms with E-state index >= 15 is 0 Å². The maximum Gasteiger partial charge on any atom is 0.310 e. The largest absolute Gasteiger partial charge is 0.491 e. The molecule has 0 fully saturated rings. The summed E-state index contributed by atoms with van der Waals surface area (Å²) in [6, 6.07) is 2.09. The predicted molar refractivity (Wildman–Crippen MR) is 49.0 cm³/mol. The Morgan fingerprint density at radius 3 is 2.53 bits per heavy atom. The number of hydrogen-bond donors (Lipinski definition) is 1. The van der Waals surface area contributed by atoms with Crippen LogP contribution in [0.4, 0.5) is 8.78 Å². The smallest absolute Gasteiger partial charge is 0.310 e. The van der Waals surface area contributed by atoms with Gasteiger partial charge in [0, 0.05) is 5.56 Å². The monoisotopic (exact) mass is 216 g/mol. The van der Waals surface area contributed by atoms with Crippen LogP contribution in [0.3, 0.4) is 0 Å².